The van der Waals surface area contributed by atoms with Crippen LogP contribution in [0, 0.1) is 0 Å². The number of aliphatic carboxylic acids is 1. The number of carboxylic acids is 1. The Kier molecular flexibility index (Phi) is 1.83. The third kappa shape index (κ3) is 1.18. The molecule has 1 fully saturated rings. The molecule has 1 aliphatic carbocycles. The fraction of sp³-hybridized carbons (Fsp3) is 0.250. The summed E-state index contributed by atoms with van der Waals surface area (Å²) in [4.78, 5) is 14.3. The van der Waals surface area contributed by atoms with Crippen molar-refractivity contribution >= 4 is 28.5 Å². The lowest BCUT2D eigenvalue weighted by molar-refractivity contribution is -0.139. The van der Waals surface area contributed by atoms with E-state index in [0.717, 1.165) is 29.3 Å². The van der Waals surface area contributed by atoms with Gasteiger partial charge in [0.2, 0.25) is 0 Å². The first-order valence-electron chi connectivity index (χ1n) is 5.14. The van der Waals surface area contributed by atoms with Gasteiger partial charge in [-0.1, -0.05) is 17.7 Å². The van der Waals surface area contributed by atoms with Crippen LogP contribution in [0.5, 0.6) is 0 Å². The lowest BCUT2D eigenvalue weighted by Gasteiger charge is -2.07. The molecule has 0 atom stereocenters. The maximum absolute atomic E-state index is 11.3. The Morgan fingerprint density at radius 3 is 2.81 bits per heavy atom. The molecule has 1 aromatic heterocycles. The molecule has 3 rings (SSSR count). The van der Waals surface area contributed by atoms with Gasteiger partial charge in [0, 0.05) is 22.1 Å². The highest BCUT2D eigenvalue weighted by Crippen LogP contribution is 2.50. The number of aromatic amines is 1. The minimum absolute atomic E-state index is 0.654. The van der Waals surface area contributed by atoms with Crippen molar-refractivity contribution in [3.05, 3.63) is 35.0 Å². The van der Waals surface area contributed by atoms with Gasteiger partial charge in [0.25, 0.3) is 0 Å². The van der Waals surface area contributed by atoms with Crippen LogP contribution >= 0.6 is 11.6 Å². The van der Waals surface area contributed by atoms with Gasteiger partial charge >= 0.3 is 5.97 Å². The molecule has 0 radical (unpaired) electrons. The summed E-state index contributed by atoms with van der Waals surface area (Å²) in [5, 5.41) is 10.9. The molecule has 0 spiro atoms. The lowest BCUT2D eigenvalue weighted by atomic mass is 9.96. The molecule has 3 nitrogen and oxygen atoms in total. The Bertz CT molecular complexity index is 584. The zero-order valence-corrected chi connectivity index (χ0v) is 9.21. The molecule has 1 heterocycles. The van der Waals surface area contributed by atoms with Crippen molar-refractivity contribution in [2.45, 2.75) is 18.3 Å². The summed E-state index contributed by atoms with van der Waals surface area (Å²) < 4.78 is 0. The molecule has 2 N–H and O–H groups in total. The predicted octanol–water partition coefficient (Wildman–Crippen LogP) is 2.94. The number of fused-ring (bicyclic) bond motifs is 1. The summed E-state index contributed by atoms with van der Waals surface area (Å²) in [6.45, 7) is 0. The van der Waals surface area contributed by atoms with Gasteiger partial charge in [0.1, 0.15) is 0 Å². The van der Waals surface area contributed by atoms with Gasteiger partial charge in [-0.2, -0.15) is 0 Å². The van der Waals surface area contributed by atoms with E-state index in [-0.39, 0.29) is 0 Å². The van der Waals surface area contributed by atoms with Crippen LogP contribution in [0.1, 0.15) is 18.4 Å². The van der Waals surface area contributed by atoms with Crippen LogP contribution in [-0.4, -0.2) is 16.1 Å². The number of nitrogens with one attached hydrogen (secondary N) is 1. The van der Waals surface area contributed by atoms with E-state index in [4.69, 9.17) is 11.6 Å². The van der Waals surface area contributed by atoms with E-state index in [1.165, 1.54) is 0 Å². The summed E-state index contributed by atoms with van der Waals surface area (Å²) in [6.07, 6.45) is 3.23. The van der Waals surface area contributed by atoms with Crippen molar-refractivity contribution in [1.82, 2.24) is 4.98 Å². The molecule has 82 valence electrons. The van der Waals surface area contributed by atoms with Crippen LogP contribution in [0.25, 0.3) is 10.9 Å². The van der Waals surface area contributed by atoms with Gasteiger partial charge in [-0.3, -0.25) is 4.79 Å². The van der Waals surface area contributed by atoms with Crippen molar-refractivity contribution in [2.24, 2.45) is 0 Å². The van der Waals surface area contributed by atoms with Crippen LogP contribution in [0.2, 0.25) is 5.02 Å². The summed E-state index contributed by atoms with van der Waals surface area (Å²) >= 11 is 5.88. The Labute approximate surface area is 97.0 Å². The molecular weight excluding hydrogens is 226 g/mol. The molecule has 0 aliphatic heterocycles. The number of carboxylic acid groups (broad SMARTS) is 1. The Balaban J connectivity index is 2.22. The van der Waals surface area contributed by atoms with Crippen molar-refractivity contribution in [1.29, 1.82) is 0 Å². The molecule has 2 aromatic rings. The molecule has 16 heavy (non-hydrogen) atoms. The molecule has 1 aromatic carbocycles. The summed E-state index contributed by atoms with van der Waals surface area (Å²) in [5.41, 5.74) is 1.12. The smallest absolute Gasteiger partial charge is 0.314 e. The first-order valence-corrected chi connectivity index (χ1v) is 5.52. The summed E-state index contributed by atoms with van der Waals surface area (Å²) in [6, 6.07) is 5.49. The van der Waals surface area contributed by atoms with E-state index < -0.39 is 11.4 Å². The van der Waals surface area contributed by atoms with Crippen LogP contribution in [-0.2, 0) is 10.2 Å². The van der Waals surface area contributed by atoms with E-state index in [1.54, 1.807) is 12.3 Å². The topological polar surface area (TPSA) is 53.1 Å². The van der Waals surface area contributed by atoms with E-state index in [0.29, 0.717) is 5.02 Å². The number of H-pyrrole nitrogens is 1. The van der Waals surface area contributed by atoms with E-state index in [9.17, 15) is 9.90 Å². The van der Waals surface area contributed by atoms with E-state index in [2.05, 4.69) is 4.98 Å². The minimum atomic E-state index is -0.733. The van der Waals surface area contributed by atoms with Gasteiger partial charge in [0.15, 0.2) is 0 Å². The van der Waals surface area contributed by atoms with Gasteiger partial charge in [-0.25, -0.2) is 0 Å². The van der Waals surface area contributed by atoms with Gasteiger partial charge in [-0.15, -0.1) is 0 Å². The van der Waals surface area contributed by atoms with Crippen molar-refractivity contribution < 1.29 is 9.90 Å². The number of carbonyl (C=O) groups is 1. The summed E-state index contributed by atoms with van der Waals surface area (Å²) in [5.74, 6) is -0.733. The van der Waals surface area contributed by atoms with Gasteiger partial charge in [0.05, 0.1) is 5.41 Å². The molecular formula is C12H10ClNO2. The number of aromatic nitrogens is 1. The summed E-state index contributed by atoms with van der Waals surface area (Å²) in [7, 11) is 0. The molecule has 0 bridgehead atoms. The fourth-order valence-corrected chi connectivity index (χ4v) is 2.39. The van der Waals surface area contributed by atoms with E-state index >= 15 is 0 Å². The second-order valence-electron chi connectivity index (χ2n) is 4.28. The van der Waals surface area contributed by atoms with E-state index in [1.807, 2.05) is 12.1 Å². The quantitative estimate of drug-likeness (QED) is 0.841. The normalized spacial score (nSPS) is 17.6. The highest BCUT2D eigenvalue weighted by molar-refractivity contribution is 6.31. The zero-order chi connectivity index (χ0) is 11.3. The number of halogens is 1. The number of hydrogen-bond donors (Lipinski definition) is 2. The standard InChI is InChI=1S/C12H10ClNO2/c13-7-1-2-8-9(6-14-10(8)5-7)12(3-4-12)11(15)16/h1-2,5-6,14H,3-4H2,(H,15,16). The predicted molar refractivity (Wildman–Crippen MR) is 61.9 cm³/mol. The molecule has 4 heteroatoms. The van der Waals surface area contributed by atoms with Gasteiger partial charge < -0.3 is 10.1 Å². The first kappa shape index (κ1) is 9.73. The van der Waals surface area contributed by atoms with Crippen LogP contribution in [0.3, 0.4) is 0 Å². The average molecular weight is 236 g/mol. The SMILES string of the molecule is O=C(O)C1(c2c[nH]c3cc(Cl)ccc23)CC1. The van der Waals surface area contributed by atoms with Crippen LogP contribution < -0.4 is 0 Å². The monoisotopic (exact) mass is 235 g/mol. The first-order chi connectivity index (χ1) is 7.63. The average Bonchev–Trinajstić information content (AvgIpc) is 2.94. The molecule has 0 amide bonds. The maximum atomic E-state index is 11.3. The second kappa shape index (κ2) is 3.01. The largest absolute Gasteiger partial charge is 0.481 e. The minimum Gasteiger partial charge on any atom is -0.481 e. The Morgan fingerprint density at radius 1 is 1.44 bits per heavy atom. The fourth-order valence-electron chi connectivity index (χ4n) is 2.22. The Morgan fingerprint density at radius 2 is 2.19 bits per heavy atom. The molecule has 1 saturated carbocycles. The third-order valence-corrected chi connectivity index (χ3v) is 3.55. The highest BCUT2D eigenvalue weighted by Gasteiger charge is 2.52. The van der Waals surface area contributed by atoms with Crippen LogP contribution in [0.15, 0.2) is 24.4 Å². The van der Waals surface area contributed by atoms with Crippen LogP contribution in [0.4, 0.5) is 0 Å². The third-order valence-electron chi connectivity index (χ3n) is 3.32. The maximum Gasteiger partial charge on any atom is 0.314 e. The lowest BCUT2D eigenvalue weighted by Crippen LogP contribution is -2.18. The zero-order valence-electron chi connectivity index (χ0n) is 8.46. The number of benzene rings is 1. The number of rotatable bonds is 2. The number of hydrogen-bond acceptors (Lipinski definition) is 1. The van der Waals surface area contributed by atoms with Crippen molar-refractivity contribution in [3.63, 3.8) is 0 Å². The molecule has 0 unspecified atom stereocenters. The van der Waals surface area contributed by atoms with Gasteiger partial charge in [-0.05, 0) is 30.5 Å². The Hall–Kier alpha value is -1.48. The second-order valence-corrected chi connectivity index (χ2v) is 4.72. The molecule has 0 saturated heterocycles. The van der Waals surface area contributed by atoms with Crippen molar-refractivity contribution in [2.75, 3.05) is 0 Å². The molecule has 1 aliphatic rings. The highest BCUT2D eigenvalue weighted by atomic mass is 35.5. The van der Waals surface area contributed by atoms with Crippen molar-refractivity contribution in [3.8, 4) is 0 Å².